The maximum atomic E-state index is 5.25. The van der Waals surface area contributed by atoms with Gasteiger partial charge >= 0.3 is 0 Å². The lowest BCUT2D eigenvalue weighted by atomic mass is 10.2. The molecule has 2 heterocycles. The molecular weight excluding hydrogens is 216 g/mol. The van der Waals surface area contributed by atoms with E-state index in [1.165, 1.54) is 0 Å². The van der Waals surface area contributed by atoms with Crippen LogP contribution in [-0.2, 0) is 0 Å². The molecule has 4 N–H and O–H groups in total. The first kappa shape index (κ1) is 11.3. The molecule has 2 aromatic rings. The third kappa shape index (κ3) is 2.88. The summed E-state index contributed by atoms with van der Waals surface area (Å²) in [7, 11) is 0. The van der Waals surface area contributed by atoms with Gasteiger partial charge in [-0.15, -0.1) is 0 Å². The Bertz CT molecular complexity index is 472. The molecule has 2 rings (SSSR count). The van der Waals surface area contributed by atoms with Crippen LogP contribution in [0, 0.1) is 0 Å². The number of pyridine rings is 1. The molecule has 0 radical (unpaired) electrons. The summed E-state index contributed by atoms with van der Waals surface area (Å²) >= 11 is 0. The predicted octanol–water partition coefficient (Wildman–Crippen LogP) is 1.33. The number of hydrogen-bond acceptors (Lipinski definition) is 6. The summed E-state index contributed by atoms with van der Waals surface area (Å²) in [5.74, 6) is 6.32. The highest BCUT2D eigenvalue weighted by molar-refractivity contribution is 5.40. The van der Waals surface area contributed by atoms with E-state index in [0.29, 0.717) is 11.8 Å². The highest BCUT2D eigenvalue weighted by atomic mass is 15.3. The number of nitrogen functional groups attached to an aromatic ring is 1. The highest BCUT2D eigenvalue weighted by Crippen LogP contribution is 2.15. The Morgan fingerprint density at radius 1 is 1.18 bits per heavy atom. The van der Waals surface area contributed by atoms with Crippen LogP contribution in [0.1, 0.15) is 18.7 Å². The van der Waals surface area contributed by atoms with Crippen molar-refractivity contribution in [3.05, 3.63) is 42.4 Å². The van der Waals surface area contributed by atoms with Gasteiger partial charge in [-0.3, -0.25) is 10.4 Å². The van der Waals surface area contributed by atoms with Gasteiger partial charge in [-0.1, -0.05) is 6.07 Å². The van der Waals surface area contributed by atoms with Gasteiger partial charge in [0.1, 0.15) is 5.82 Å². The molecule has 2 aromatic heterocycles. The first-order valence-electron chi connectivity index (χ1n) is 5.26. The lowest BCUT2D eigenvalue weighted by Gasteiger charge is -2.13. The van der Waals surface area contributed by atoms with Crippen molar-refractivity contribution in [3.8, 4) is 0 Å². The summed E-state index contributed by atoms with van der Waals surface area (Å²) in [5, 5.41) is 3.22. The molecule has 6 heteroatoms. The molecule has 1 atom stereocenters. The minimum Gasteiger partial charge on any atom is -0.362 e. The molecule has 0 bridgehead atoms. The Hall–Kier alpha value is -2.21. The van der Waals surface area contributed by atoms with E-state index in [9.17, 15) is 0 Å². The number of rotatable bonds is 4. The lowest BCUT2D eigenvalue weighted by molar-refractivity contribution is 0.830. The van der Waals surface area contributed by atoms with E-state index in [0.717, 1.165) is 5.69 Å². The minimum absolute atomic E-state index is 0.0664. The van der Waals surface area contributed by atoms with E-state index >= 15 is 0 Å². The largest absolute Gasteiger partial charge is 0.362 e. The molecule has 0 saturated carbocycles. The van der Waals surface area contributed by atoms with Gasteiger partial charge in [0.15, 0.2) is 0 Å². The Morgan fingerprint density at radius 3 is 2.76 bits per heavy atom. The molecule has 1 unspecified atom stereocenters. The van der Waals surface area contributed by atoms with Gasteiger partial charge in [0, 0.05) is 12.4 Å². The van der Waals surface area contributed by atoms with Crippen LogP contribution in [0.2, 0.25) is 0 Å². The average molecular weight is 230 g/mol. The minimum atomic E-state index is 0.0664. The van der Waals surface area contributed by atoms with Gasteiger partial charge in [0.2, 0.25) is 5.95 Å². The molecule has 88 valence electrons. The summed E-state index contributed by atoms with van der Waals surface area (Å²) in [6.07, 6.45) is 3.40. The quantitative estimate of drug-likeness (QED) is 0.542. The predicted molar refractivity (Wildman–Crippen MR) is 66.1 cm³/mol. The van der Waals surface area contributed by atoms with Crippen LogP contribution in [0.5, 0.6) is 0 Å². The van der Waals surface area contributed by atoms with Gasteiger partial charge in [-0.2, -0.15) is 4.98 Å². The van der Waals surface area contributed by atoms with Gasteiger partial charge in [0.25, 0.3) is 0 Å². The molecule has 17 heavy (non-hydrogen) atoms. The van der Waals surface area contributed by atoms with E-state index in [-0.39, 0.29) is 6.04 Å². The van der Waals surface area contributed by atoms with Crippen molar-refractivity contribution in [3.63, 3.8) is 0 Å². The zero-order valence-corrected chi connectivity index (χ0v) is 9.46. The number of nitrogens with two attached hydrogens (primary N) is 1. The second-order valence-corrected chi connectivity index (χ2v) is 3.53. The standard InChI is InChI=1S/C11H14N6/c1-8(9-4-2-3-6-13-9)15-10-5-7-14-11(16-10)17-12/h2-8H,12H2,1H3,(H2,14,15,16,17). The fraction of sp³-hybridized carbons (Fsp3) is 0.182. The molecule has 0 aliphatic heterocycles. The van der Waals surface area contributed by atoms with Gasteiger partial charge in [0.05, 0.1) is 11.7 Å². The Kier molecular flexibility index (Phi) is 3.46. The number of aromatic nitrogens is 3. The van der Waals surface area contributed by atoms with Gasteiger partial charge < -0.3 is 5.32 Å². The zero-order valence-electron chi connectivity index (χ0n) is 9.46. The van der Waals surface area contributed by atoms with Crippen LogP contribution < -0.4 is 16.6 Å². The first-order chi connectivity index (χ1) is 8.29. The maximum absolute atomic E-state index is 5.25. The molecular formula is C11H14N6. The van der Waals surface area contributed by atoms with Crippen molar-refractivity contribution < 1.29 is 0 Å². The summed E-state index contributed by atoms with van der Waals surface area (Å²) < 4.78 is 0. The van der Waals surface area contributed by atoms with Crippen LogP contribution in [-0.4, -0.2) is 15.0 Å². The summed E-state index contributed by atoms with van der Waals surface area (Å²) in [4.78, 5) is 12.4. The zero-order chi connectivity index (χ0) is 12.1. The van der Waals surface area contributed by atoms with E-state index < -0.39 is 0 Å². The Balaban J connectivity index is 2.10. The molecule has 0 saturated heterocycles. The molecule has 0 amide bonds. The lowest BCUT2D eigenvalue weighted by Crippen LogP contribution is -2.13. The number of anilines is 2. The molecule has 6 nitrogen and oxygen atoms in total. The number of hydrazine groups is 1. The summed E-state index contributed by atoms with van der Waals surface area (Å²) in [6, 6.07) is 7.64. The molecule has 0 spiro atoms. The average Bonchev–Trinajstić information content (AvgIpc) is 2.40. The van der Waals surface area contributed by atoms with Crippen LogP contribution in [0.25, 0.3) is 0 Å². The fourth-order valence-corrected chi connectivity index (χ4v) is 1.44. The number of hydrogen-bond donors (Lipinski definition) is 3. The second kappa shape index (κ2) is 5.22. The van der Waals surface area contributed by atoms with E-state index in [1.807, 2.05) is 25.1 Å². The Labute approximate surface area is 99.3 Å². The van der Waals surface area contributed by atoms with Gasteiger partial charge in [-0.25, -0.2) is 10.8 Å². The van der Waals surface area contributed by atoms with E-state index in [1.54, 1.807) is 18.5 Å². The highest BCUT2D eigenvalue weighted by Gasteiger charge is 2.06. The third-order valence-electron chi connectivity index (χ3n) is 2.28. The molecule has 0 fully saturated rings. The van der Waals surface area contributed by atoms with Crippen molar-refractivity contribution in [2.75, 3.05) is 10.7 Å². The number of nitrogens with zero attached hydrogens (tertiary/aromatic N) is 3. The van der Waals surface area contributed by atoms with Crippen molar-refractivity contribution in [2.45, 2.75) is 13.0 Å². The van der Waals surface area contributed by atoms with Crippen molar-refractivity contribution in [1.82, 2.24) is 15.0 Å². The maximum Gasteiger partial charge on any atom is 0.239 e. The molecule has 0 aliphatic carbocycles. The van der Waals surface area contributed by atoms with E-state index in [4.69, 9.17) is 5.84 Å². The topological polar surface area (TPSA) is 88.8 Å². The third-order valence-corrected chi connectivity index (χ3v) is 2.28. The van der Waals surface area contributed by atoms with Crippen molar-refractivity contribution in [1.29, 1.82) is 0 Å². The van der Waals surface area contributed by atoms with Crippen LogP contribution >= 0.6 is 0 Å². The SMILES string of the molecule is CC(Nc1ccnc(NN)n1)c1ccccn1. The summed E-state index contributed by atoms with van der Waals surface area (Å²) in [6.45, 7) is 2.01. The van der Waals surface area contributed by atoms with Crippen LogP contribution in [0.15, 0.2) is 36.7 Å². The monoisotopic (exact) mass is 230 g/mol. The van der Waals surface area contributed by atoms with Crippen LogP contribution in [0.3, 0.4) is 0 Å². The second-order valence-electron chi connectivity index (χ2n) is 3.53. The normalized spacial score (nSPS) is 11.9. The van der Waals surface area contributed by atoms with Crippen molar-refractivity contribution >= 4 is 11.8 Å². The number of nitrogens with one attached hydrogen (secondary N) is 2. The molecule has 0 aliphatic rings. The van der Waals surface area contributed by atoms with Crippen LogP contribution in [0.4, 0.5) is 11.8 Å². The Morgan fingerprint density at radius 2 is 2.06 bits per heavy atom. The fourth-order valence-electron chi connectivity index (χ4n) is 1.44. The van der Waals surface area contributed by atoms with Gasteiger partial charge in [-0.05, 0) is 25.1 Å². The summed E-state index contributed by atoms with van der Waals surface area (Å²) in [5.41, 5.74) is 3.35. The molecule has 0 aromatic carbocycles. The van der Waals surface area contributed by atoms with Crippen molar-refractivity contribution in [2.24, 2.45) is 5.84 Å². The first-order valence-corrected chi connectivity index (χ1v) is 5.26. The smallest absolute Gasteiger partial charge is 0.239 e. The van der Waals surface area contributed by atoms with E-state index in [2.05, 4.69) is 25.7 Å².